The van der Waals surface area contributed by atoms with Crippen molar-refractivity contribution in [2.75, 3.05) is 13.2 Å². The molecule has 1 unspecified atom stereocenters. The molecule has 2 aromatic rings. The summed E-state index contributed by atoms with van der Waals surface area (Å²) in [5.41, 5.74) is 2.79. The molecule has 0 aliphatic carbocycles. The van der Waals surface area contributed by atoms with Gasteiger partial charge in [-0.3, -0.25) is 9.48 Å². The third-order valence-electron chi connectivity index (χ3n) is 4.64. The second kappa shape index (κ2) is 7.15. The number of rotatable bonds is 6. The van der Waals surface area contributed by atoms with E-state index in [4.69, 9.17) is 4.74 Å². The quantitative estimate of drug-likeness (QED) is 0.831. The van der Waals surface area contributed by atoms with E-state index in [-0.39, 0.29) is 5.56 Å². The van der Waals surface area contributed by atoms with Gasteiger partial charge in [-0.15, -0.1) is 0 Å². The van der Waals surface area contributed by atoms with E-state index in [0.717, 1.165) is 42.9 Å². The van der Waals surface area contributed by atoms with Gasteiger partial charge in [0.1, 0.15) is 0 Å². The minimum absolute atomic E-state index is 0.0563. The summed E-state index contributed by atoms with van der Waals surface area (Å²) in [5.74, 6) is 0. The molecule has 1 aliphatic rings. The van der Waals surface area contributed by atoms with Crippen LogP contribution in [0.15, 0.2) is 35.1 Å². The van der Waals surface area contributed by atoms with Gasteiger partial charge < -0.3 is 10.1 Å². The molecule has 1 saturated heterocycles. The van der Waals surface area contributed by atoms with Gasteiger partial charge in [-0.2, -0.15) is 0 Å². The number of aromatic nitrogens is 2. The Morgan fingerprint density at radius 1 is 1.30 bits per heavy atom. The second-order valence-electron chi connectivity index (χ2n) is 6.14. The summed E-state index contributed by atoms with van der Waals surface area (Å²) in [6.07, 6.45) is 3.73. The molecule has 3 rings (SSSR count). The molecule has 23 heavy (non-hydrogen) atoms. The van der Waals surface area contributed by atoms with E-state index in [1.165, 1.54) is 6.42 Å². The molecule has 1 aliphatic heterocycles. The van der Waals surface area contributed by atoms with Crippen molar-refractivity contribution >= 4 is 0 Å². The monoisotopic (exact) mass is 315 g/mol. The van der Waals surface area contributed by atoms with Crippen molar-refractivity contribution in [1.29, 1.82) is 0 Å². The molecule has 0 amide bonds. The van der Waals surface area contributed by atoms with Crippen molar-refractivity contribution in [3.8, 4) is 5.69 Å². The Morgan fingerprint density at radius 3 is 2.78 bits per heavy atom. The molecule has 1 fully saturated rings. The van der Waals surface area contributed by atoms with Crippen molar-refractivity contribution in [2.24, 2.45) is 7.05 Å². The smallest absolute Gasteiger partial charge is 0.276 e. The van der Waals surface area contributed by atoms with E-state index < -0.39 is 0 Å². The standard InChI is InChI=1S/C18H25N3O2/c1-14-17(13-19-11-10-16-9-6-12-23-16)18(22)21(20(14)2)15-7-4-3-5-8-15/h3-5,7-8,16,19H,6,9-13H2,1-2H3. The van der Waals surface area contributed by atoms with Gasteiger partial charge in [0.15, 0.2) is 0 Å². The Bertz CT molecular complexity index is 697. The van der Waals surface area contributed by atoms with E-state index in [0.29, 0.717) is 12.6 Å². The predicted molar refractivity (Wildman–Crippen MR) is 91.0 cm³/mol. The lowest BCUT2D eigenvalue weighted by atomic mass is 10.2. The van der Waals surface area contributed by atoms with E-state index in [1.54, 1.807) is 4.68 Å². The van der Waals surface area contributed by atoms with Crippen molar-refractivity contribution in [3.63, 3.8) is 0 Å². The van der Waals surface area contributed by atoms with E-state index >= 15 is 0 Å². The molecule has 5 heteroatoms. The maximum atomic E-state index is 12.7. The lowest BCUT2D eigenvalue weighted by Crippen LogP contribution is -2.25. The summed E-state index contributed by atoms with van der Waals surface area (Å²) in [6.45, 7) is 4.37. The normalized spacial score (nSPS) is 17.7. The fraction of sp³-hybridized carbons (Fsp3) is 0.500. The van der Waals surface area contributed by atoms with E-state index in [9.17, 15) is 4.79 Å². The summed E-state index contributed by atoms with van der Waals surface area (Å²) in [4.78, 5) is 12.7. The first-order valence-electron chi connectivity index (χ1n) is 8.33. The van der Waals surface area contributed by atoms with Crippen LogP contribution < -0.4 is 10.9 Å². The molecule has 0 bridgehead atoms. The highest BCUT2D eigenvalue weighted by atomic mass is 16.5. The van der Waals surface area contributed by atoms with Gasteiger partial charge in [0.05, 0.1) is 17.4 Å². The Morgan fingerprint density at radius 2 is 2.09 bits per heavy atom. The Kier molecular flexibility index (Phi) is 4.98. The van der Waals surface area contributed by atoms with Crippen LogP contribution in [0.3, 0.4) is 0 Å². The third-order valence-corrected chi connectivity index (χ3v) is 4.64. The summed E-state index contributed by atoms with van der Waals surface area (Å²) >= 11 is 0. The Hall–Kier alpha value is -1.85. The number of nitrogens with one attached hydrogen (secondary N) is 1. The van der Waals surface area contributed by atoms with Crippen LogP contribution in [0.4, 0.5) is 0 Å². The fourth-order valence-corrected chi connectivity index (χ4v) is 3.18. The molecule has 0 radical (unpaired) electrons. The molecule has 124 valence electrons. The number of benzene rings is 1. The highest BCUT2D eigenvalue weighted by Gasteiger charge is 2.17. The first-order valence-corrected chi connectivity index (χ1v) is 8.33. The predicted octanol–water partition coefficient (Wildman–Crippen LogP) is 2.14. The van der Waals surface area contributed by atoms with Gasteiger partial charge in [0.2, 0.25) is 0 Å². The zero-order chi connectivity index (χ0) is 16.2. The number of ether oxygens (including phenoxy) is 1. The molecule has 1 aromatic carbocycles. The topological polar surface area (TPSA) is 48.2 Å². The zero-order valence-corrected chi connectivity index (χ0v) is 13.9. The van der Waals surface area contributed by atoms with Gasteiger partial charge in [0, 0.05) is 25.9 Å². The number of para-hydroxylation sites is 1. The minimum atomic E-state index is 0.0563. The van der Waals surface area contributed by atoms with E-state index in [1.807, 2.05) is 49.0 Å². The summed E-state index contributed by atoms with van der Waals surface area (Å²) in [7, 11) is 1.93. The average molecular weight is 315 g/mol. The van der Waals surface area contributed by atoms with Crippen LogP contribution in [0.2, 0.25) is 0 Å². The largest absolute Gasteiger partial charge is 0.378 e. The van der Waals surface area contributed by atoms with Crippen LogP contribution >= 0.6 is 0 Å². The van der Waals surface area contributed by atoms with E-state index in [2.05, 4.69) is 5.32 Å². The van der Waals surface area contributed by atoms with Gasteiger partial charge in [-0.1, -0.05) is 18.2 Å². The molecule has 1 aromatic heterocycles. The van der Waals surface area contributed by atoms with Crippen LogP contribution in [0.5, 0.6) is 0 Å². The van der Waals surface area contributed by atoms with Gasteiger partial charge >= 0.3 is 0 Å². The lowest BCUT2D eigenvalue weighted by molar-refractivity contribution is 0.104. The highest BCUT2D eigenvalue weighted by molar-refractivity contribution is 5.33. The maximum absolute atomic E-state index is 12.7. The molecule has 5 nitrogen and oxygen atoms in total. The maximum Gasteiger partial charge on any atom is 0.276 e. The second-order valence-corrected chi connectivity index (χ2v) is 6.14. The lowest BCUT2D eigenvalue weighted by Gasteiger charge is -2.09. The SMILES string of the molecule is Cc1c(CNCCC2CCCO2)c(=O)n(-c2ccccc2)n1C. The average Bonchev–Trinajstić information content (AvgIpc) is 3.15. The van der Waals surface area contributed by atoms with Crippen molar-refractivity contribution in [3.05, 3.63) is 51.9 Å². The summed E-state index contributed by atoms with van der Waals surface area (Å²) < 4.78 is 9.28. The van der Waals surface area contributed by atoms with Crippen molar-refractivity contribution in [1.82, 2.24) is 14.7 Å². The molecule has 0 spiro atoms. The van der Waals surface area contributed by atoms with Crippen LogP contribution in [-0.4, -0.2) is 28.6 Å². The molecular weight excluding hydrogens is 290 g/mol. The number of hydrogen-bond donors (Lipinski definition) is 1. The molecule has 1 atom stereocenters. The Balaban J connectivity index is 1.69. The summed E-state index contributed by atoms with van der Waals surface area (Å²) in [5, 5.41) is 3.40. The zero-order valence-electron chi connectivity index (χ0n) is 13.9. The van der Waals surface area contributed by atoms with Crippen molar-refractivity contribution < 1.29 is 4.74 Å². The van der Waals surface area contributed by atoms with Crippen LogP contribution in [0.1, 0.15) is 30.5 Å². The number of hydrogen-bond acceptors (Lipinski definition) is 3. The van der Waals surface area contributed by atoms with Crippen LogP contribution in [0.25, 0.3) is 5.69 Å². The van der Waals surface area contributed by atoms with Crippen LogP contribution in [0, 0.1) is 6.92 Å². The molecule has 1 N–H and O–H groups in total. The first kappa shape index (κ1) is 16.0. The molecule has 0 saturated carbocycles. The fourth-order valence-electron chi connectivity index (χ4n) is 3.18. The van der Waals surface area contributed by atoms with Gasteiger partial charge in [0.25, 0.3) is 5.56 Å². The highest BCUT2D eigenvalue weighted by Crippen LogP contribution is 2.14. The van der Waals surface area contributed by atoms with Gasteiger partial charge in [-0.05, 0) is 44.9 Å². The molecular formula is C18H25N3O2. The number of nitrogens with zero attached hydrogens (tertiary/aromatic N) is 2. The van der Waals surface area contributed by atoms with Crippen molar-refractivity contribution in [2.45, 2.75) is 38.8 Å². The first-order chi connectivity index (χ1) is 11.2. The molecule has 2 heterocycles. The summed E-state index contributed by atoms with van der Waals surface area (Å²) in [6, 6.07) is 9.76. The minimum Gasteiger partial charge on any atom is -0.378 e. The van der Waals surface area contributed by atoms with Crippen LogP contribution in [-0.2, 0) is 18.3 Å². The third kappa shape index (κ3) is 3.41. The Labute approximate surface area is 136 Å². The van der Waals surface area contributed by atoms with Gasteiger partial charge in [-0.25, -0.2) is 4.68 Å².